The number of carboxylic acids is 1. The number of aliphatic carboxylic acids is 1. The lowest BCUT2D eigenvalue weighted by molar-refractivity contribution is -0.143. The molecule has 0 aliphatic carbocycles. The van der Waals surface area contributed by atoms with Crippen LogP contribution >= 0.6 is 0 Å². The SMILES string of the molecule is CC(C)N(CC(=O)O)S(=O)(=O)c1cc(C(F)(F)F)cc(C(F)(F)F)c1. The molecule has 0 heterocycles. The van der Waals surface area contributed by atoms with Crippen LogP contribution in [0.2, 0.25) is 0 Å². The Bertz CT molecular complexity index is 723. The van der Waals surface area contributed by atoms with Crippen LogP contribution in [0.25, 0.3) is 0 Å². The molecule has 0 amide bonds. The highest BCUT2D eigenvalue weighted by molar-refractivity contribution is 7.89. The van der Waals surface area contributed by atoms with Crippen LogP contribution < -0.4 is 0 Å². The number of rotatable bonds is 5. The van der Waals surface area contributed by atoms with Crippen molar-refractivity contribution in [2.24, 2.45) is 0 Å². The van der Waals surface area contributed by atoms with Crippen LogP contribution in [0.1, 0.15) is 25.0 Å². The molecule has 0 spiro atoms. The van der Waals surface area contributed by atoms with Gasteiger partial charge in [-0.2, -0.15) is 30.6 Å². The zero-order valence-electron chi connectivity index (χ0n) is 12.8. The summed E-state index contributed by atoms with van der Waals surface area (Å²) >= 11 is 0. The van der Waals surface area contributed by atoms with Crippen molar-refractivity contribution in [3.63, 3.8) is 0 Å². The first-order valence-electron chi connectivity index (χ1n) is 6.60. The van der Waals surface area contributed by atoms with Gasteiger partial charge in [0.1, 0.15) is 6.54 Å². The van der Waals surface area contributed by atoms with Crippen molar-refractivity contribution in [2.45, 2.75) is 37.1 Å². The largest absolute Gasteiger partial charge is 0.480 e. The van der Waals surface area contributed by atoms with E-state index in [1.54, 1.807) is 0 Å². The number of nitrogens with zero attached hydrogens (tertiary/aromatic N) is 1. The second-order valence-electron chi connectivity index (χ2n) is 5.28. The summed E-state index contributed by atoms with van der Waals surface area (Å²) in [6.07, 6.45) is -10.4. The van der Waals surface area contributed by atoms with Crippen molar-refractivity contribution in [1.29, 1.82) is 0 Å². The van der Waals surface area contributed by atoms with E-state index >= 15 is 0 Å². The molecular formula is C13H13F6NO4S. The Morgan fingerprint density at radius 3 is 1.72 bits per heavy atom. The van der Waals surface area contributed by atoms with Gasteiger partial charge in [-0.15, -0.1) is 0 Å². The molecule has 1 rings (SSSR count). The minimum Gasteiger partial charge on any atom is -0.480 e. The molecule has 12 heteroatoms. The standard InChI is InChI=1S/C13H13F6NO4S/c1-7(2)20(6-11(21)22)25(23,24)10-4-8(12(14,15)16)3-9(5-10)13(17,18)19/h3-5,7H,6H2,1-2H3,(H,21,22). The number of carbonyl (C=O) groups is 1. The zero-order valence-corrected chi connectivity index (χ0v) is 13.6. The molecule has 0 unspecified atom stereocenters. The third-order valence-corrected chi connectivity index (χ3v) is 5.03. The van der Waals surface area contributed by atoms with Crippen LogP contribution in [0, 0.1) is 0 Å². The highest BCUT2D eigenvalue weighted by atomic mass is 32.2. The number of hydrogen-bond acceptors (Lipinski definition) is 3. The van der Waals surface area contributed by atoms with E-state index in [1.165, 1.54) is 13.8 Å². The number of alkyl halides is 6. The molecule has 0 bridgehead atoms. The number of sulfonamides is 1. The third-order valence-electron chi connectivity index (χ3n) is 3.03. The molecule has 0 atom stereocenters. The van der Waals surface area contributed by atoms with Gasteiger partial charge in [0.15, 0.2) is 0 Å². The summed E-state index contributed by atoms with van der Waals surface area (Å²) in [5, 5.41) is 8.74. The highest BCUT2D eigenvalue weighted by Crippen LogP contribution is 2.37. The van der Waals surface area contributed by atoms with Gasteiger partial charge in [-0.05, 0) is 32.0 Å². The Morgan fingerprint density at radius 1 is 1.04 bits per heavy atom. The summed E-state index contributed by atoms with van der Waals surface area (Å²) in [7, 11) is -4.91. The van der Waals surface area contributed by atoms with Crippen LogP contribution in [0.3, 0.4) is 0 Å². The van der Waals surface area contributed by atoms with Gasteiger partial charge < -0.3 is 5.11 Å². The van der Waals surface area contributed by atoms with Crippen molar-refractivity contribution in [3.8, 4) is 0 Å². The van der Waals surface area contributed by atoms with Crippen molar-refractivity contribution >= 4 is 16.0 Å². The van der Waals surface area contributed by atoms with E-state index in [2.05, 4.69) is 0 Å². The normalized spacial score (nSPS) is 13.5. The van der Waals surface area contributed by atoms with E-state index in [4.69, 9.17) is 5.11 Å². The first-order valence-corrected chi connectivity index (χ1v) is 8.04. The molecule has 0 aliphatic rings. The summed E-state index contributed by atoms with van der Waals surface area (Å²) in [6, 6.07) is -1.13. The fourth-order valence-electron chi connectivity index (χ4n) is 1.89. The molecule has 1 N–H and O–H groups in total. The van der Waals surface area contributed by atoms with Gasteiger partial charge in [0, 0.05) is 6.04 Å². The maximum atomic E-state index is 12.8. The maximum absolute atomic E-state index is 12.8. The second-order valence-corrected chi connectivity index (χ2v) is 7.17. The zero-order chi connectivity index (χ0) is 19.8. The quantitative estimate of drug-likeness (QED) is 0.780. The van der Waals surface area contributed by atoms with Gasteiger partial charge in [0.2, 0.25) is 10.0 Å². The molecule has 0 saturated carbocycles. The summed E-state index contributed by atoms with van der Waals surface area (Å²) < 4.78 is 102. The lowest BCUT2D eigenvalue weighted by atomic mass is 10.1. The average Bonchev–Trinajstić information content (AvgIpc) is 2.41. The molecule has 0 fully saturated rings. The fraction of sp³-hybridized carbons (Fsp3) is 0.462. The summed E-state index contributed by atoms with van der Waals surface area (Å²) in [5.74, 6) is -1.61. The predicted molar refractivity (Wildman–Crippen MR) is 73.1 cm³/mol. The molecule has 0 radical (unpaired) electrons. The van der Waals surface area contributed by atoms with Crippen LogP contribution in [0.5, 0.6) is 0 Å². The first kappa shape index (κ1) is 21.2. The van der Waals surface area contributed by atoms with Crippen LogP contribution in [0.15, 0.2) is 23.1 Å². The minimum absolute atomic E-state index is 0.0435. The van der Waals surface area contributed by atoms with Gasteiger partial charge in [0.25, 0.3) is 0 Å². The average molecular weight is 393 g/mol. The number of carboxylic acid groups (broad SMARTS) is 1. The van der Waals surface area contributed by atoms with Crippen molar-refractivity contribution in [3.05, 3.63) is 29.3 Å². The second kappa shape index (κ2) is 6.83. The predicted octanol–water partition coefficient (Wildman–Crippen LogP) is 3.21. The van der Waals surface area contributed by atoms with Gasteiger partial charge in [0.05, 0.1) is 16.0 Å². The number of halogens is 6. The van der Waals surface area contributed by atoms with Crippen LogP contribution in [0.4, 0.5) is 26.3 Å². The topological polar surface area (TPSA) is 74.7 Å². The van der Waals surface area contributed by atoms with E-state index in [1.807, 2.05) is 0 Å². The van der Waals surface area contributed by atoms with Gasteiger partial charge in [-0.1, -0.05) is 0 Å². The first-order chi connectivity index (χ1) is 11.1. The van der Waals surface area contributed by atoms with Crippen molar-refractivity contribution in [1.82, 2.24) is 4.31 Å². The summed E-state index contributed by atoms with van der Waals surface area (Å²) in [4.78, 5) is 9.49. The summed E-state index contributed by atoms with van der Waals surface area (Å²) in [6.45, 7) is 1.36. The lowest BCUT2D eigenvalue weighted by Crippen LogP contribution is -2.40. The molecule has 142 valence electrons. The van der Waals surface area contributed by atoms with Crippen molar-refractivity contribution in [2.75, 3.05) is 6.54 Å². The minimum atomic E-state index is -5.22. The third kappa shape index (κ3) is 5.08. The maximum Gasteiger partial charge on any atom is 0.416 e. The van der Waals surface area contributed by atoms with E-state index in [0.717, 1.165) is 0 Å². The monoisotopic (exact) mass is 393 g/mol. The Kier molecular flexibility index (Phi) is 5.79. The fourth-order valence-corrected chi connectivity index (χ4v) is 3.55. The number of hydrogen-bond donors (Lipinski definition) is 1. The molecule has 1 aromatic rings. The highest BCUT2D eigenvalue weighted by Gasteiger charge is 2.39. The molecule has 25 heavy (non-hydrogen) atoms. The number of benzene rings is 1. The van der Waals surface area contributed by atoms with Crippen LogP contribution in [-0.4, -0.2) is 36.4 Å². The van der Waals surface area contributed by atoms with E-state index in [-0.39, 0.29) is 18.2 Å². The van der Waals surface area contributed by atoms with Gasteiger partial charge in [-0.25, -0.2) is 8.42 Å². The van der Waals surface area contributed by atoms with E-state index in [9.17, 15) is 39.6 Å². The van der Waals surface area contributed by atoms with E-state index in [0.29, 0.717) is 4.31 Å². The molecule has 0 saturated heterocycles. The Morgan fingerprint density at radius 2 is 1.44 bits per heavy atom. The Balaban J connectivity index is 3.65. The van der Waals surface area contributed by atoms with E-state index < -0.39 is 57.0 Å². The molecule has 1 aromatic carbocycles. The molecular weight excluding hydrogens is 380 g/mol. The van der Waals surface area contributed by atoms with Crippen LogP contribution in [-0.2, 0) is 27.2 Å². The van der Waals surface area contributed by atoms with Gasteiger partial charge in [-0.3, -0.25) is 4.79 Å². The molecule has 0 aromatic heterocycles. The van der Waals surface area contributed by atoms with Gasteiger partial charge >= 0.3 is 18.3 Å². The molecule has 0 aliphatic heterocycles. The Hall–Kier alpha value is -1.82. The Labute approximate surface area is 138 Å². The lowest BCUT2D eigenvalue weighted by Gasteiger charge is -2.25. The smallest absolute Gasteiger partial charge is 0.416 e. The van der Waals surface area contributed by atoms with Crippen molar-refractivity contribution < 1.29 is 44.7 Å². The molecule has 5 nitrogen and oxygen atoms in total. The summed E-state index contributed by atoms with van der Waals surface area (Å²) in [5.41, 5.74) is -3.61.